The van der Waals surface area contributed by atoms with Gasteiger partial charge in [0.05, 0.1) is 0 Å². The first-order valence-corrected chi connectivity index (χ1v) is 7.67. The third kappa shape index (κ3) is 4.77. The van der Waals surface area contributed by atoms with Gasteiger partial charge in [-0.05, 0) is 33.5 Å². The number of likely N-dealkylation sites (N-methyl/N-ethyl adjacent to an activating group) is 1. The molecule has 0 heterocycles. The molecule has 1 aliphatic rings. The van der Waals surface area contributed by atoms with Crippen LogP contribution in [-0.4, -0.2) is 50.1 Å². The van der Waals surface area contributed by atoms with Crippen molar-refractivity contribution in [3.05, 3.63) is 0 Å². The Balaban J connectivity index is 2.45. The van der Waals surface area contributed by atoms with Crippen LogP contribution in [0.5, 0.6) is 0 Å². The topological polar surface area (TPSA) is 44.4 Å². The molecule has 0 aromatic rings. The Hall–Kier alpha value is -0.610. The van der Waals surface area contributed by atoms with Crippen molar-refractivity contribution in [2.45, 2.75) is 51.5 Å². The van der Waals surface area contributed by atoms with E-state index in [1.54, 1.807) is 0 Å². The summed E-state index contributed by atoms with van der Waals surface area (Å²) < 4.78 is 0. The molecule has 4 heteroatoms. The predicted octanol–water partition coefficient (Wildman–Crippen LogP) is 1.61. The third-order valence-corrected chi connectivity index (χ3v) is 4.47. The Morgan fingerprint density at radius 3 is 2.42 bits per heavy atom. The summed E-state index contributed by atoms with van der Waals surface area (Å²) in [6.45, 7) is 6.51. The van der Waals surface area contributed by atoms with Crippen LogP contribution >= 0.6 is 0 Å². The minimum Gasteiger partial charge on any atom is -0.354 e. The van der Waals surface area contributed by atoms with Gasteiger partial charge in [0.2, 0.25) is 5.91 Å². The molecular formula is C15H31N3O. The van der Waals surface area contributed by atoms with E-state index in [-0.39, 0.29) is 17.4 Å². The maximum Gasteiger partial charge on any atom is 0.224 e. The van der Waals surface area contributed by atoms with Crippen molar-refractivity contribution < 1.29 is 4.79 Å². The average molecular weight is 269 g/mol. The van der Waals surface area contributed by atoms with Crippen LogP contribution in [-0.2, 0) is 4.79 Å². The molecule has 1 atom stereocenters. The van der Waals surface area contributed by atoms with E-state index in [0.717, 1.165) is 19.6 Å². The third-order valence-electron chi connectivity index (χ3n) is 4.47. The van der Waals surface area contributed by atoms with Gasteiger partial charge in [-0.25, -0.2) is 0 Å². The molecular weight excluding hydrogens is 238 g/mol. The van der Waals surface area contributed by atoms with Gasteiger partial charge in [-0.3, -0.25) is 4.79 Å². The molecule has 1 rings (SSSR count). The Morgan fingerprint density at radius 2 is 1.89 bits per heavy atom. The molecule has 0 aliphatic heterocycles. The first-order valence-electron chi connectivity index (χ1n) is 7.67. The molecule has 1 unspecified atom stereocenters. The second kappa shape index (κ2) is 7.85. The molecule has 2 N–H and O–H groups in total. The van der Waals surface area contributed by atoms with Gasteiger partial charge in [-0.1, -0.05) is 33.1 Å². The van der Waals surface area contributed by atoms with Gasteiger partial charge in [-0.2, -0.15) is 0 Å². The number of carbonyl (C=O) groups is 1. The van der Waals surface area contributed by atoms with Crippen molar-refractivity contribution in [1.29, 1.82) is 0 Å². The van der Waals surface area contributed by atoms with Crippen LogP contribution in [0.1, 0.15) is 46.0 Å². The highest BCUT2D eigenvalue weighted by molar-refractivity contribution is 5.78. The Bertz CT molecular complexity index is 273. The minimum absolute atomic E-state index is 0.0442. The van der Waals surface area contributed by atoms with Crippen LogP contribution in [0.15, 0.2) is 0 Å². The van der Waals surface area contributed by atoms with Gasteiger partial charge in [0.15, 0.2) is 0 Å². The summed E-state index contributed by atoms with van der Waals surface area (Å²) in [6, 6.07) is 0. The number of hydrogen-bond donors (Lipinski definition) is 2. The van der Waals surface area contributed by atoms with Gasteiger partial charge in [0, 0.05) is 24.5 Å². The molecule has 0 aromatic carbocycles. The van der Waals surface area contributed by atoms with Crippen molar-refractivity contribution in [2.75, 3.05) is 33.7 Å². The largest absolute Gasteiger partial charge is 0.354 e. The van der Waals surface area contributed by atoms with Gasteiger partial charge in [0.1, 0.15) is 0 Å². The first kappa shape index (κ1) is 16.4. The summed E-state index contributed by atoms with van der Waals surface area (Å²) in [7, 11) is 4.28. The molecule has 0 spiro atoms. The number of carbonyl (C=O) groups excluding carboxylic acids is 1. The van der Waals surface area contributed by atoms with Crippen molar-refractivity contribution >= 4 is 5.91 Å². The maximum atomic E-state index is 12.1. The SMILES string of the molecule is CCNCC(C)C(=O)NCC1(N(C)C)CCCCC1. The normalized spacial score (nSPS) is 20.3. The number of nitrogens with zero attached hydrogens (tertiary/aromatic N) is 1. The van der Waals surface area contributed by atoms with Gasteiger partial charge < -0.3 is 15.5 Å². The van der Waals surface area contributed by atoms with Crippen molar-refractivity contribution in [1.82, 2.24) is 15.5 Å². The summed E-state index contributed by atoms with van der Waals surface area (Å²) in [5.41, 5.74) is 0.172. The van der Waals surface area contributed by atoms with E-state index < -0.39 is 0 Å². The van der Waals surface area contributed by atoms with Crippen LogP contribution in [0, 0.1) is 5.92 Å². The first-order chi connectivity index (χ1) is 9.02. The molecule has 0 bridgehead atoms. The molecule has 112 valence electrons. The molecule has 0 aromatic heterocycles. The van der Waals surface area contributed by atoms with E-state index in [1.165, 1.54) is 32.1 Å². The fourth-order valence-electron chi connectivity index (χ4n) is 2.87. The second-order valence-electron chi connectivity index (χ2n) is 6.11. The molecule has 1 fully saturated rings. The second-order valence-corrected chi connectivity index (χ2v) is 6.11. The lowest BCUT2D eigenvalue weighted by atomic mass is 9.80. The van der Waals surface area contributed by atoms with E-state index in [1.807, 2.05) is 6.92 Å². The lowest BCUT2D eigenvalue weighted by Gasteiger charge is -2.43. The quantitative estimate of drug-likeness (QED) is 0.738. The van der Waals surface area contributed by atoms with Gasteiger partial charge in [0.25, 0.3) is 0 Å². The zero-order chi connectivity index (χ0) is 14.3. The summed E-state index contributed by atoms with van der Waals surface area (Å²) >= 11 is 0. The maximum absolute atomic E-state index is 12.1. The van der Waals surface area contributed by atoms with E-state index in [4.69, 9.17) is 0 Å². The number of hydrogen-bond acceptors (Lipinski definition) is 3. The standard InChI is InChI=1S/C15H31N3O/c1-5-16-11-13(2)14(19)17-12-15(18(3)4)9-7-6-8-10-15/h13,16H,5-12H2,1-4H3,(H,17,19). The van der Waals surface area contributed by atoms with E-state index >= 15 is 0 Å². The summed E-state index contributed by atoms with van der Waals surface area (Å²) in [6.07, 6.45) is 6.28. The smallest absolute Gasteiger partial charge is 0.224 e. The van der Waals surface area contributed by atoms with Crippen LogP contribution in [0.25, 0.3) is 0 Å². The zero-order valence-corrected chi connectivity index (χ0v) is 13.1. The van der Waals surface area contributed by atoms with E-state index in [0.29, 0.717) is 0 Å². The zero-order valence-electron chi connectivity index (χ0n) is 13.1. The number of nitrogens with one attached hydrogen (secondary N) is 2. The van der Waals surface area contributed by atoms with Crippen molar-refractivity contribution in [3.8, 4) is 0 Å². The van der Waals surface area contributed by atoms with Crippen LogP contribution in [0.3, 0.4) is 0 Å². The summed E-state index contributed by atoms with van der Waals surface area (Å²) in [4.78, 5) is 14.4. The summed E-state index contributed by atoms with van der Waals surface area (Å²) in [5.74, 6) is 0.218. The van der Waals surface area contributed by atoms with Crippen LogP contribution in [0.2, 0.25) is 0 Å². The highest BCUT2D eigenvalue weighted by Gasteiger charge is 2.34. The van der Waals surface area contributed by atoms with Crippen LogP contribution in [0.4, 0.5) is 0 Å². The van der Waals surface area contributed by atoms with Crippen LogP contribution < -0.4 is 10.6 Å². The highest BCUT2D eigenvalue weighted by atomic mass is 16.1. The monoisotopic (exact) mass is 269 g/mol. The fourth-order valence-corrected chi connectivity index (χ4v) is 2.87. The molecule has 0 radical (unpaired) electrons. The molecule has 1 aliphatic carbocycles. The lowest BCUT2D eigenvalue weighted by Crippen LogP contribution is -2.54. The number of rotatable bonds is 7. The number of amides is 1. The Morgan fingerprint density at radius 1 is 1.26 bits per heavy atom. The molecule has 0 saturated heterocycles. The lowest BCUT2D eigenvalue weighted by molar-refractivity contribution is -0.125. The van der Waals surface area contributed by atoms with E-state index in [2.05, 4.69) is 36.6 Å². The van der Waals surface area contributed by atoms with Gasteiger partial charge >= 0.3 is 0 Å². The predicted molar refractivity (Wildman–Crippen MR) is 80.2 cm³/mol. The minimum atomic E-state index is 0.0442. The molecule has 1 amide bonds. The fraction of sp³-hybridized carbons (Fsp3) is 0.933. The van der Waals surface area contributed by atoms with E-state index in [9.17, 15) is 4.79 Å². The van der Waals surface area contributed by atoms with Crippen molar-refractivity contribution in [3.63, 3.8) is 0 Å². The average Bonchev–Trinajstić information content (AvgIpc) is 2.42. The molecule has 19 heavy (non-hydrogen) atoms. The molecule has 1 saturated carbocycles. The van der Waals surface area contributed by atoms with Crippen molar-refractivity contribution in [2.24, 2.45) is 5.92 Å². The molecule has 4 nitrogen and oxygen atoms in total. The Labute approximate surface area is 118 Å². The summed E-state index contributed by atoms with van der Waals surface area (Å²) in [5, 5.41) is 6.39. The Kier molecular flexibility index (Phi) is 6.80. The van der Waals surface area contributed by atoms with Gasteiger partial charge in [-0.15, -0.1) is 0 Å². The highest BCUT2D eigenvalue weighted by Crippen LogP contribution is 2.31.